The lowest BCUT2D eigenvalue weighted by atomic mass is 9.68. The van der Waals surface area contributed by atoms with Gasteiger partial charge in [0.05, 0.1) is 0 Å². The normalized spacial score (nSPS) is 20.6. The highest BCUT2D eigenvalue weighted by molar-refractivity contribution is 5.12. The van der Waals surface area contributed by atoms with Gasteiger partial charge in [-0.1, -0.05) is 37.2 Å². The van der Waals surface area contributed by atoms with E-state index < -0.39 is 6.10 Å². The largest absolute Gasteiger partial charge is 0.380 e. The van der Waals surface area contributed by atoms with Gasteiger partial charge in [-0.2, -0.15) is 0 Å². The summed E-state index contributed by atoms with van der Waals surface area (Å²) in [5.74, 6) is 5.77. The second-order valence-electron chi connectivity index (χ2n) is 4.57. The van der Waals surface area contributed by atoms with Crippen molar-refractivity contribution in [1.29, 1.82) is 0 Å². The molecule has 1 aliphatic carbocycles. The molecule has 1 N–H and O–H groups in total. The number of allylic oxidation sites excluding steroid dienone is 1. The SMILES string of the molecule is C=CCC1(C(O)C#CCOC)CCCCC1. The number of hydrogen-bond donors (Lipinski definition) is 1. The minimum absolute atomic E-state index is 0.0548. The third-order valence-corrected chi connectivity index (χ3v) is 3.44. The molecule has 2 heteroatoms. The van der Waals surface area contributed by atoms with Crippen molar-refractivity contribution in [3.05, 3.63) is 12.7 Å². The van der Waals surface area contributed by atoms with Gasteiger partial charge in [0.15, 0.2) is 0 Å². The van der Waals surface area contributed by atoms with E-state index in [4.69, 9.17) is 4.74 Å². The van der Waals surface area contributed by atoms with Crippen molar-refractivity contribution in [3.8, 4) is 11.8 Å². The Kier molecular flexibility index (Phi) is 5.59. The van der Waals surface area contributed by atoms with Gasteiger partial charge in [0.25, 0.3) is 0 Å². The average molecular weight is 222 g/mol. The van der Waals surface area contributed by atoms with Gasteiger partial charge < -0.3 is 9.84 Å². The maximum absolute atomic E-state index is 10.2. The van der Waals surface area contributed by atoms with Crippen LogP contribution in [0.15, 0.2) is 12.7 Å². The minimum atomic E-state index is -0.541. The van der Waals surface area contributed by atoms with Crippen molar-refractivity contribution < 1.29 is 9.84 Å². The molecule has 0 radical (unpaired) electrons. The van der Waals surface area contributed by atoms with Crippen molar-refractivity contribution in [2.24, 2.45) is 5.41 Å². The molecule has 0 aromatic rings. The molecule has 16 heavy (non-hydrogen) atoms. The number of methoxy groups -OCH3 is 1. The average Bonchev–Trinajstić information content (AvgIpc) is 2.31. The first kappa shape index (κ1) is 13.3. The van der Waals surface area contributed by atoms with E-state index in [9.17, 15) is 5.11 Å². The summed E-state index contributed by atoms with van der Waals surface area (Å²) in [5.41, 5.74) is -0.0548. The van der Waals surface area contributed by atoms with Crippen molar-refractivity contribution in [1.82, 2.24) is 0 Å². The van der Waals surface area contributed by atoms with Crippen LogP contribution in [0, 0.1) is 17.3 Å². The molecular weight excluding hydrogens is 200 g/mol. The van der Waals surface area contributed by atoms with Crippen LogP contribution in [0.2, 0.25) is 0 Å². The van der Waals surface area contributed by atoms with Gasteiger partial charge in [-0.25, -0.2) is 0 Å². The number of ether oxygens (including phenoxy) is 1. The van der Waals surface area contributed by atoms with E-state index in [1.807, 2.05) is 6.08 Å². The second-order valence-corrected chi connectivity index (χ2v) is 4.57. The number of rotatable bonds is 4. The summed E-state index contributed by atoms with van der Waals surface area (Å²) >= 11 is 0. The first-order chi connectivity index (χ1) is 7.75. The Bertz CT molecular complexity index is 266. The summed E-state index contributed by atoms with van der Waals surface area (Å²) in [6.07, 6.45) is 8.00. The molecule has 1 aliphatic rings. The molecule has 1 fully saturated rings. The lowest BCUT2D eigenvalue weighted by Gasteiger charge is -2.38. The Balaban J connectivity index is 2.68. The van der Waals surface area contributed by atoms with Gasteiger partial charge >= 0.3 is 0 Å². The van der Waals surface area contributed by atoms with Crippen LogP contribution in [0.25, 0.3) is 0 Å². The monoisotopic (exact) mass is 222 g/mol. The Morgan fingerprint density at radius 2 is 2.12 bits per heavy atom. The molecule has 0 aliphatic heterocycles. The van der Waals surface area contributed by atoms with Crippen LogP contribution < -0.4 is 0 Å². The van der Waals surface area contributed by atoms with Crippen molar-refractivity contribution in [2.45, 2.75) is 44.6 Å². The zero-order chi connectivity index (χ0) is 11.9. The topological polar surface area (TPSA) is 29.5 Å². The van der Waals surface area contributed by atoms with Crippen molar-refractivity contribution >= 4 is 0 Å². The standard InChI is InChI=1S/C14H22O2/c1-3-9-14(10-5-4-6-11-14)13(15)8-7-12-16-2/h3,13,15H,1,4-6,9-12H2,2H3. The minimum Gasteiger partial charge on any atom is -0.380 e. The zero-order valence-corrected chi connectivity index (χ0v) is 10.2. The van der Waals surface area contributed by atoms with Gasteiger partial charge in [-0.15, -0.1) is 6.58 Å². The molecule has 1 unspecified atom stereocenters. The van der Waals surface area contributed by atoms with Crippen LogP contribution in [0.4, 0.5) is 0 Å². The maximum Gasteiger partial charge on any atom is 0.120 e. The van der Waals surface area contributed by atoms with Crippen LogP contribution >= 0.6 is 0 Å². The van der Waals surface area contributed by atoms with Gasteiger partial charge in [0.1, 0.15) is 12.7 Å². The molecule has 0 amide bonds. The van der Waals surface area contributed by atoms with Gasteiger partial charge in [-0.3, -0.25) is 0 Å². The van der Waals surface area contributed by atoms with E-state index in [2.05, 4.69) is 18.4 Å². The summed E-state index contributed by atoms with van der Waals surface area (Å²) in [6.45, 7) is 4.18. The Hall–Kier alpha value is -0.780. The lowest BCUT2D eigenvalue weighted by molar-refractivity contribution is 0.0368. The lowest BCUT2D eigenvalue weighted by Crippen LogP contribution is -2.36. The number of hydrogen-bond acceptors (Lipinski definition) is 2. The van der Waals surface area contributed by atoms with E-state index in [1.165, 1.54) is 19.3 Å². The molecule has 1 rings (SSSR count). The van der Waals surface area contributed by atoms with Gasteiger partial charge in [-0.05, 0) is 19.3 Å². The molecule has 0 heterocycles. The second kappa shape index (κ2) is 6.73. The molecule has 1 atom stereocenters. The van der Waals surface area contributed by atoms with Crippen LogP contribution in [0.5, 0.6) is 0 Å². The molecule has 90 valence electrons. The molecule has 0 aromatic carbocycles. The maximum atomic E-state index is 10.2. The first-order valence-corrected chi connectivity index (χ1v) is 6.01. The fourth-order valence-corrected chi connectivity index (χ4v) is 2.50. The molecule has 1 saturated carbocycles. The molecule has 0 spiro atoms. The third-order valence-electron chi connectivity index (χ3n) is 3.44. The summed E-state index contributed by atoms with van der Waals surface area (Å²) in [6, 6.07) is 0. The summed E-state index contributed by atoms with van der Waals surface area (Å²) in [4.78, 5) is 0. The highest BCUT2D eigenvalue weighted by Gasteiger charge is 2.36. The van der Waals surface area contributed by atoms with Gasteiger partial charge in [0.2, 0.25) is 0 Å². The van der Waals surface area contributed by atoms with Crippen LogP contribution in [0.1, 0.15) is 38.5 Å². The molecular formula is C14H22O2. The summed E-state index contributed by atoms with van der Waals surface area (Å²) in [5, 5.41) is 10.2. The molecule has 0 aromatic heterocycles. The van der Waals surface area contributed by atoms with E-state index in [1.54, 1.807) is 7.11 Å². The van der Waals surface area contributed by atoms with Crippen LogP contribution in [-0.2, 0) is 4.74 Å². The Labute approximate surface area is 98.7 Å². The van der Waals surface area contributed by atoms with E-state index in [0.29, 0.717) is 6.61 Å². The van der Waals surface area contributed by atoms with E-state index in [0.717, 1.165) is 19.3 Å². The quantitative estimate of drug-likeness (QED) is 0.585. The molecule has 0 bridgehead atoms. The first-order valence-electron chi connectivity index (χ1n) is 6.01. The zero-order valence-electron chi connectivity index (χ0n) is 10.2. The molecule has 2 nitrogen and oxygen atoms in total. The summed E-state index contributed by atoms with van der Waals surface area (Å²) < 4.78 is 4.87. The molecule has 0 saturated heterocycles. The third kappa shape index (κ3) is 3.37. The fourth-order valence-electron chi connectivity index (χ4n) is 2.50. The highest BCUT2D eigenvalue weighted by atomic mass is 16.5. The highest BCUT2D eigenvalue weighted by Crippen LogP contribution is 2.42. The smallest absolute Gasteiger partial charge is 0.120 e. The summed E-state index contributed by atoms with van der Waals surface area (Å²) in [7, 11) is 1.61. The predicted molar refractivity (Wildman–Crippen MR) is 66.0 cm³/mol. The van der Waals surface area contributed by atoms with E-state index in [-0.39, 0.29) is 5.41 Å². The van der Waals surface area contributed by atoms with Gasteiger partial charge in [0, 0.05) is 12.5 Å². The van der Waals surface area contributed by atoms with E-state index >= 15 is 0 Å². The Morgan fingerprint density at radius 1 is 1.44 bits per heavy atom. The predicted octanol–water partition coefficient (Wildman–Crippen LogP) is 2.52. The van der Waals surface area contributed by atoms with Crippen LogP contribution in [-0.4, -0.2) is 24.9 Å². The van der Waals surface area contributed by atoms with Crippen LogP contribution in [0.3, 0.4) is 0 Å². The number of aliphatic hydroxyl groups excluding tert-OH is 1. The Morgan fingerprint density at radius 3 is 2.69 bits per heavy atom. The fraction of sp³-hybridized carbons (Fsp3) is 0.714. The number of aliphatic hydroxyl groups is 1. The van der Waals surface area contributed by atoms with Crippen molar-refractivity contribution in [2.75, 3.05) is 13.7 Å². The van der Waals surface area contributed by atoms with Crippen molar-refractivity contribution in [3.63, 3.8) is 0 Å².